The quantitative estimate of drug-likeness (QED) is 0.340. The molecule has 1 aromatic carbocycles. The Morgan fingerprint density at radius 1 is 1.30 bits per heavy atom. The average Bonchev–Trinajstić information content (AvgIpc) is 3.48. The number of ketones is 1. The summed E-state index contributed by atoms with van der Waals surface area (Å²) in [5.41, 5.74) is 3.85. The van der Waals surface area contributed by atoms with Crippen LogP contribution in [0.25, 0.3) is 0 Å². The van der Waals surface area contributed by atoms with Crippen molar-refractivity contribution in [3.05, 3.63) is 74.3 Å². The van der Waals surface area contributed by atoms with Gasteiger partial charge in [-0.15, -0.1) is 23.1 Å². The molecule has 3 aromatic rings. The van der Waals surface area contributed by atoms with Crippen molar-refractivity contribution < 1.29 is 22.5 Å². The number of nitrogens with zero attached hydrogens (tertiary/aromatic N) is 2. The lowest BCUT2D eigenvalue weighted by atomic mass is 9.98. The monoisotopic (exact) mass is 580 g/mol. The topological polar surface area (TPSA) is 144 Å². The number of aromatic nitrogens is 2. The first kappa shape index (κ1) is 26.5. The summed E-state index contributed by atoms with van der Waals surface area (Å²) >= 11 is 9.49. The van der Waals surface area contributed by atoms with Crippen molar-refractivity contribution in [1.29, 1.82) is 0 Å². The van der Waals surface area contributed by atoms with Crippen molar-refractivity contribution in [2.45, 2.75) is 36.7 Å². The summed E-state index contributed by atoms with van der Waals surface area (Å²) < 4.78 is 26.9. The second kappa shape index (κ2) is 11.0. The van der Waals surface area contributed by atoms with E-state index in [1.54, 1.807) is 0 Å². The molecule has 0 bridgehead atoms. The van der Waals surface area contributed by atoms with Crippen molar-refractivity contribution in [1.82, 2.24) is 9.97 Å². The van der Waals surface area contributed by atoms with Gasteiger partial charge in [-0.2, -0.15) is 8.42 Å². The van der Waals surface area contributed by atoms with E-state index in [2.05, 4.69) is 25.5 Å². The number of nitrogens with two attached hydrogens (primary N) is 1. The van der Waals surface area contributed by atoms with Gasteiger partial charge >= 0.3 is 10.3 Å². The number of carbonyl (C=O) groups excluding carboxylic acids is 1. The first-order valence-corrected chi connectivity index (χ1v) is 15.4. The maximum Gasteiger partial charge on any atom is 0.333 e. The molecule has 2 aliphatic rings. The molecule has 0 saturated heterocycles. The first-order chi connectivity index (χ1) is 17.7. The third-order valence-corrected chi connectivity index (χ3v) is 9.54. The molecule has 9 nitrogen and oxygen atoms in total. The minimum atomic E-state index is -4.09. The molecule has 1 fully saturated rings. The van der Waals surface area contributed by atoms with E-state index in [0.717, 1.165) is 17.7 Å². The van der Waals surface area contributed by atoms with Crippen LogP contribution in [0.1, 0.15) is 50.0 Å². The molecule has 37 heavy (non-hydrogen) atoms. The zero-order chi connectivity index (χ0) is 26.2. The van der Waals surface area contributed by atoms with E-state index in [-0.39, 0.29) is 23.7 Å². The number of aliphatic hydroxyl groups is 1. The summed E-state index contributed by atoms with van der Waals surface area (Å²) in [5.74, 6) is 0.750. The average molecular weight is 581 g/mol. The summed E-state index contributed by atoms with van der Waals surface area (Å²) in [6.07, 6.45) is 3.83. The lowest BCUT2D eigenvalue weighted by Crippen LogP contribution is -2.24. The third kappa shape index (κ3) is 6.17. The van der Waals surface area contributed by atoms with Gasteiger partial charge in [0.15, 0.2) is 0 Å². The van der Waals surface area contributed by atoms with E-state index >= 15 is 0 Å². The summed E-state index contributed by atoms with van der Waals surface area (Å²) in [6, 6.07) is 7.70. The summed E-state index contributed by atoms with van der Waals surface area (Å²) in [6.45, 7) is -0.209. The van der Waals surface area contributed by atoms with Gasteiger partial charge in [0.1, 0.15) is 12.1 Å². The van der Waals surface area contributed by atoms with Crippen LogP contribution in [0, 0.1) is 5.92 Å². The molecule has 1 unspecified atom stereocenters. The van der Waals surface area contributed by atoms with Gasteiger partial charge in [-0.3, -0.25) is 8.98 Å². The van der Waals surface area contributed by atoms with Crippen molar-refractivity contribution in [2.75, 3.05) is 17.7 Å². The van der Waals surface area contributed by atoms with Crippen LogP contribution in [0.3, 0.4) is 0 Å². The number of thioether (sulfide) groups is 1. The zero-order valence-electron chi connectivity index (χ0n) is 19.5. The van der Waals surface area contributed by atoms with Gasteiger partial charge in [-0.05, 0) is 65.3 Å². The highest BCUT2D eigenvalue weighted by molar-refractivity contribution is 7.99. The fourth-order valence-corrected chi connectivity index (χ4v) is 7.64. The molecule has 13 heteroatoms. The fraction of sp³-hybridized carbons (Fsp3) is 0.375. The van der Waals surface area contributed by atoms with Gasteiger partial charge in [-0.1, -0.05) is 17.7 Å². The van der Waals surface area contributed by atoms with Gasteiger partial charge in [0.05, 0.1) is 28.4 Å². The van der Waals surface area contributed by atoms with E-state index in [0.29, 0.717) is 34.1 Å². The predicted molar refractivity (Wildman–Crippen MR) is 144 cm³/mol. The smallest absolute Gasteiger partial charge is 0.333 e. The van der Waals surface area contributed by atoms with Crippen LogP contribution in [0.5, 0.6) is 0 Å². The Morgan fingerprint density at radius 3 is 2.95 bits per heavy atom. The Kier molecular flexibility index (Phi) is 7.87. The number of halogens is 1. The Hall–Kier alpha value is -2.06. The number of carbonyl (C=O) groups is 1. The molecule has 3 heterocycles. The Bertz CT molecular complexity index is 1420. The van der Waals surface area contributed by atoms with E-state index in [1.165, 1.54) is 35.0 Å². The molecular formula is C24H25ClN4O5S3. The standard InChI is InChI=1S/C24H25ClN4O5S3/c25-16-2-1-13-3-4-35-23(18(13)7-16)15-6-21(36-11-15)22(31)19-9-27-12-28-24(19)29-17-5-14(20(30)8-17)10-34-37(26,32)33/h1-2,6-7,9,11-12,14,17,20,23,30H,3-5,8,10H2,(H2,26,32,33)(H,27,28,29)/t14-,17-,20+,23?/m1/s1. The molecule has 1 aliphatic heterocycles. The highest BCUT2D eigenvalue weighted by Gasteiger charge is 2.35. The number of hydrogen-bond acceptors (Lipinski definition) is 10. The predicted octanol–water partition coefficient (Wildman–Crippen LogP) is 3.57. The largest absolute Gasteiger partial charge is 0.393 e. The number of fused-ring (bicyclic) bond motifs is 1. The highest BCUT2D eigenvalue weighted by atomic mass is 35.5. The number of hydrogen-bond donors (Lipinski definition) is 3. The molecule has 1 aliphatic carbocycles. The minimum Gasteiger partial charge on any atom is -0.393 e. The van der Waals surface area contributed by atoms with Crippen LogP contribution < -0.4 is 10.5 Å². The summed E-state index contributed by atoms with van der Waals surface area (Å²) in [4.78, 5) is 22.4. The summed E-state index contributed by atoms with van der Waals surface area (Å²) in [7, 11) is -4.09. The van der Waals surface area contributed by atoms with E-state index in [4.69, 9.17) is 16.7 Å². The maximum atomic E-state index is 13.5. The number of thiophene rings is 1. The Labute approximate surface area is 228 Å². The highest BCUT2D eigenvalue weighted by Crippen LogP contribution is 2.44. The van der Waals surface area contributed by atoms with Gasteiger partial charge < -0.3 is 10.4 Å². The Morgan fingerprint density at radius 2 is 2.14 bits per heavy atom. The maximum absolute atomic E-state index is 13.5. The normalized spacial score (nSPS) is 23.5. The number of aliphatic hydroxyl groups excluding tert-OH is 1. The van der Waals surface area contributed by atoms with Crippen LogP contribution in [0.4, 0.5) is 5.82 Å². The second-order valence-corrected chi connectivity index (χ2v) is 12.9. The van der Waals surface area contributed by atoms with Gasteiger partial charge in [-0.25, -0.2) is 15.1 Å². The molecule has 0 amide bonds. The lowest BCUT2D eigenvalue weighted by molar-refractivity contribution is 0.101. The van der Waals surface area contributed by atoms with Gasteiger partial charge in [0.2, 0.25) is 5.78 Å². The van der Waals surface area contributed by atoms with Crippen molar-refractivity contribution >= 4 is 56.6 Å². The van der Waals surface area contributed by atoms with E-state index < -0.39 is 22.3 Å². The van der Waals surface area contributed by atoms with Crippen LogP contribution in [-0.4, -0.2) is 53.8 Å². The lowest BCUT2D eigenvalue weighted by Gasteiger charge is -2.24. The van der Waals surface area contributed by atoms with Crippen molar-refractivity contribution in [2.24, 2.45) is 11.1 Å². The number of rotatable bonds is 8. The molecule has 5 rings (SSSR count). The van der Waals surface area contributed by atoms with Gasteiger partial charge in [0, 0.05) is 23.2 Å². The number of benzene rings is 1. The van der Waals surface area contributed by atoms with Crippen LogP contribution in [-0.2, 0) is 20.9 Å². The molecule has 4 atom stereocenters. The summed E-state index contributed by atoms with van der Waals surface area (Å²) in [5, 5.41) is 21.3. The second-order valence-electron chi connectivity index (χ2n) is 9.12. The number of aryl methyl sites for hydroxylation is 1. The third-order valence-electron chi connectivity index (χ3n) is 6.59. The van der Waals surface area contributed by atoms with Crippen molar-refractivity contribution in [3.63, 3.8) is 0 Å². The first-order valence-electron chi connectivity index (χ1n) is 11.6. The van der Waals surface area contributed by atoms with Crippen molar-refractivity contribution in [3.8, 4) is 0 Å². The molecule has 0 spiro atoms. The van der Waals surface area contributed by atoms with Crippen LogP contribution in [0.2, 0.25) is 5.02 Å². The van der Waals surface area contributed by atoms with Crippen LogP contribution in [0.15, 0.2) is 42.2 Å². The molecule has 0 radical (unpaired) electrons. The molecule has 2 aromatic heterocycles. The zero-order valence-corrected chi connectivity index (χ0v) is 22.7. The molecule has 4 N–H and O–H groups in total. The number of anilines is 1. The van der Waals surface area contributed by atoms with Gasteiger partial charge in [0.25, 0.3) is 0 Å². The SMILES string of the molecule is NS(=O)(=O)OC[C@H]1C[C@@H](Nc2ncncc2C(=O)c2cc(C3SCCc4ccc(Cl)cc43)cs2)C[C@@H]1O. The fourth-order valence-electron chi connectivity index (χ4n) is 4.82. The molecular weight excluding hydrogens is 556 g/mol. The number of nitrogens with one attached hydrogen (secondary N) is 1. The molecule has 1 saturated carbocycles. The van der Waals surface area contributed by atoms with Crippen LogP contribution >= 0.6 is 34.7 Å². The minimum absolute atomic E-state index is 0.112. The van der Waals surface area contributed by atoms with E-state index in [9.17, 15) is 18.3 Å². The molecule has 196 valence electrons. The Balaban J connectivity index is 1.32. The van der Waals surface area contributed by atoms with E-state index in [1.807, 2.05) is 35.3 Å².